The Morgan fingerprint density at radius 1 is 1.25 bits per heavy atom. The molecular formula is C11H22O5. The van der Waals surface area contributed by atoms with Crippen LogP contribution >= 0.6 is 0 Å². The molecule has 0 heterocycles. The lowest BCUT2D eigenvalue weighted by molar-refractivity contribution is -0.151. The second-order valence-electron chi connectivity index (χ2n) is 3.12. The number of carbonyl (C=O) groups is 2. The zero-order valence-corrected chi connectivity index (χ0v) is 10.5. The molecule has 0 aliphatic heterocycles. The standard InChI is InChI=1S/C6H12O2.C5H10O3/c1-3-4-5-8-6(2)7;1-3-8-5(7)4(2)6/h3-5H2,1-2H3;4,6H,3H2,1-2H3. The summed E-state index contributed by atoms with van der Waals surface area (Å²) in [6.45, 7) is 7.45. The van der Waals surface area contributed by atoms with Crippen LogP contribution in [0.1, 0.15) is 40.5 Å². The fourth-order valence-corrected chi connectivity index (χ4v) is 0.623. The van der Waals surface area contributed by atoms with Crippen LogP contribution in [-0.2, 0) is 19.1 Å². The van der Waals surface area contributed by atoms with Crippen molar-refractivity contribution >= 4 is 11.9 Å². The SMILES string of the molecule is CCCCOC(C)=O.CCOC(=O)C(C)O. The van der Waals surface area contributed by atoms with Gasteiger partial charge in [-0.2, -0.15) is 0 Å². The van der Waals surface area contributed by atoms with Gasteiger partial charge in [0.25, 0.3) is 0 Å². The van der Waals surface area contributed by atoms with Gasteiger partial charge in [0.05, 0.1) is 13.2 Å². The van der Waals surface area contributed by atoms with Crippen molar-refractivity contribution in [3.63, 3.8) is 0 Å². The summed E-state index contributed by atoms with van der Waals surface area (Å²) in [5.74, 6) is -0.744. The summed E-state index contributed by atoms with van der Waals surface area (Å²) in [7, 11) is 0. The Bertz CT molecular complexity index is 189. The molecule has 0 aliphatic rings. The second kappa shape index (κ2) is 12.0. The molecule has 0 aliphatic carbocycles. The first-order valence-electron chi connectivity index (χ1n) is 5.43. The minimum atomic E-state index is -0.991. The number of hydrogen-bond donors (Lipinski definition) is 1. The average molecular weight is 234 g/mol. The van der Waals surface area contributed by atoms with Crippen LogP contribution < -0.4 is 0 Å². The van der Waals surface area contributed by atoms with E-state index >= 15 is 0 Å². The van der Waals surface area contributed by atoms with Gasteiger partial charge in [-0.05, 0) is 20.3 Å². The largest absolute Gasteiger partial charge is 0.466 e. The summed E-state index contributed by atoms with van der Waals surface area (Å²) >= 11 is 0. The van der Waals surface area contributed by atoms with Gasteiger partial charge in [-0.3, -0.25) is 4.79 Å². The van der Waals surface area contributed by atoms with Gasteiger partial charge < -0.3 is 14.6 Å². The lowest BCUT2D eigenvalue weighted by Crippen LogP contribution is -2.18. The topological polar surface area (TPSA) is 72.8 Å². The van der Waals surface area contributed by atoms with E-state index in [0.717, 1.165) is 12.8 Å². The summed E-state index contributed by atoms with van der Waals surface area (Å²) in [4.78, 5) is 20.4. The number of ether oxygens (including phenoxy) is 2. The van der Waals surface area contributed by atoms with E-state index in [9.17, 15) is 9.59 Å². The maximum absolute atomic E-state index is 10.3. The Hall–Kier alpha value is -1.10. The summed E-state index contributed by atoms with van der Waals surface area (Å²) < 4.78 is 9.06. The first-order valence-corrected chi connectivity index (χ1v) is 5.43. The Morgan fingerprint density at radius 3 is 2.06 bits per heavy atom. The second-order valence-corrected chi connectivity index (χ2v) is 3.12. The van der Waals surface area contributed by atoms with Crippen molar-refractivity contribution in [1.29, 1.82) is 0 Å². The highest BCUT2D eigenvalue weighted by Gasteiger charge is 2.07. The quantitative estimate of drug-likeness (QED) is 0.573. The number of aliphatic hydroxyl groups excluding tert-OH is 1. The van der Waals surface area contributed by atoms with Crippen LogP contribution in [0.2, 0.25) is 0 Å². The van der Waals surface area contributed by atoms with Gasteiger partial charge in [-0.15, -0.1) is 0 Å². The third-order valence-electron chi connectivity index (χ3n) is 1.43. The maximum Gasteiger partial charge on any atom is 0.334 e. The smallest absolute Gasteiger partial charge is 0.334 e. The summed E-state index contributed by atoms with van der Waals surface area (Å²) in [6.07, 6.45) is 1.06. The third kappa shape index (κ3) is 15.4. The fourth-order valence-electron chi connectivity index (χ4n) is 0.623. The number of esters is 2. The first-order chi connectivity index (χ1) is 7.45. The van der Waals surface area contributed by atoms with Crippen molar-refractivity contribution in [3.05, 3.63) is 0 Å². The highest BCUT2D eigenvalue weighted by molar-refractivity contribution is 5.73. The zero-order valence-electron chi connectivity index (χ0n) is 10.5. The molecule has 0 aromatic rings. The number of unbranched alkanes of at least 4 members (excludes halogenated alkanes) is 1. The van der Waals surface area contributed by atoms with Gasteiger partial charge in [-0.1, -0.05) is 13.3 Å². The molecule has 5 nitrogen and oxygen atoms in total. The van der Waals surface area contributed by atoms with Gasteiger partial charge in [0.15, 0.2) is 0 Å². The van der Waals surface area contributed by atoms with E-state index in [-0.39, 0.29) is 5.97 Å². The van der Waals surface area contributed by atoms with Crippen LogP contribution in [0.5, 0.6) is 0 Å². The van der Waals surface area contributed by atoms with E-state index < -0.39 is 12.1 Å². The minimum absolute atomic E-state index is 0.182. The van der Waals surface area contributed by atoms with Crippen LogP contribution in [0.3, 0.4) is 0 Å². The van der Waals surface area contributed by atoms with E-state index in [4.69, 9.17) is 5.11 Å². The maximum atomic E-state index is 10.3. The van der Waals surface area contributed by atoms with Crippen LogP contribution in [0.15, 0.2) is 0 Å². The van der Waals surface area contributed by atoms with Crippen molar-refractivity contribution in [1.82, 2.24) is 0 Å². The lowest BCUT2D eigenvalue weighted by Gasteiger charge is -2.01. The van der Waals surface area contributed by atoms with Crippen molar-refractivity contribution < 1.29 is 24.2 Å². The van der Waals surface area contributed by atoms with Gasteiger partial charge in [0, 0.05) is 6.92 Å². The third-order valence-corrected chi connectivity index (χ3v) is 1.43. The fraction of sp³-hybridized carbons (Fsp3) is 0.818. The van der Waals surface area contributed by atoms with Crippen molar-refractivity contribution in [2.24, 2.45) is 0 Å². The van der Waals surface area contributed by atoms with Gasteiger partial charge in [0.2, 0.25) is 0 Å². The van der Waals surface area contributed by atoms with E-state index in [2.05, 4.69) is 16.4 Å². The summed E-state index contributed by atoms with van der Waals surface area (Å²) in [5, 5.41) is 8.48. The zero-order chi connectivity index (χ0) is 13.0. The summed E-state index contributed by atoms with van der Waals surface area (Å²) in [5.41, 5.74) is 0. The molecule has 0 fully saturated rings. The van der Waals surface area contributed by atoms with Crippen molar-refractivity contribution in [2.75, 3.05) is 13.2 Å². The number of carbonyl (C=O) groups excluding carboxylic acids is 2. The molecule has 0 amide bonds. The van der Waals surface area contributed by atoms with Gasteiger partial charge in [0.1, 0.15) is 6.10 Å². The lowest BCUT2D eigenvalue weighted by atomic mass is 10.4. The predicted molar refractivity (Wildman–Crippen MR) is 59.9 cm³/mol. The Balaban J connectivity index is 0. The predicted octanol–water partition coefficient (Wildman–Crippen LogP) is 1.28. The van der Waals surface area contributed by atoms with Gasteiger partial charge in [-0.25, -0.2) is 4.79 Å². The van der Waals surface area contributed by atoms with Crippen LogP contribution in [0.4, 0.5) is 0 Å². The van der Waals surface area contributed by atoms with E-state index in [1.54, 1.807) is 6.92 Å². The normalized spacial score (nSPS) is 10.8. The first kappa shape index (κ1) is 17.3. The molecule has 1 atom stereocenters. The Kier molecular flexibility index (Phi) is 12.9. The molecule has 0 radical (unpaired) electrons. The van der Waals surface area contributed by atoms with Crippen molar-refractivity contribution in [2.45, 2.75) is 46.6 Å². The van der Waals surface area contributed by atoms with Gasteiger partial charge >= 0.3 is 11.9 Å². The molecule has 1 unspecified atom stereocenters. The van der Waals surface area contributed by atoms with Crippen LogP contribution in [-0.4, -0.2) is 36.4 Å². The highest BCUT2D eigenvalue weighted by Crippen LogP contribution is 1.86. The highest BCUT2D eigenvalue weighted by atomic mass is 16.5. The molecule has 0 aromatic heterocycles. The van der Waals surface area contributed by atoms with E-state index in [0.29, 0.717) is 13.2 Å². The van der Waals surface area contributed by atoms with Crippen LogP contribution in [0.25, 0.3) is 0 Å². The molecule has 0 aromatic carbocycles. The molecule has 0 rings (SSSR count). The minimum Gasteiger partial charge on any atom is -0.466 e. The molecule has 0 saturated heterocycles. The number of hydrogen-bond acceptors (Lipinski definition) is 5. The Labute approximate surface area is 96.7 Å². The molecule has 0 saturated carbocycles. The molecule has 96 valence electrons. The molecule has 16 heavy (non-hydrogen) atoms. The van der Waals surface area contributed by atoms with E-state index in [1.165, 1.54) is 13.8 Å². The molecular weight excluding hydrogens is 212 g/mol. The van der Waals surface area contributed by atoms with E-state index in [1.807, 2.05) is 0 Å². The number of rotatable bonds is 5. The molecule has 0 bridgehead atoms. The summed E-state index contributed by atoms with van der Waals surface area (Å²) in [6, 6.07) is 0. The monoisotopic (exact) mass is 234 g/mol. The van der Waals surface area contributed by atoms with Crippen molar-refractivity contribution in [3.8, 4) is 0 Å². The van der Waals surface area contributed by atoms with Crippen LogP contribution in [0, 0.1) is 0 Å². The molecule has 0 spiro atoms. The Morgan fingerprint density at radius 2 is 1.81 bits per heavy atom. The number of aliphatic hydroxyl groups is 1. The molecule has 5 heteroatoms. The molecule has 1 N–H and O–H groups in total. The average Bonchev–Trinajstić information content (AvgIpc) is 2.19.